The van der Waals surface area contributed by atoms with Crippen molar-refractivity contribution < 1.29 is 4.74 Å². The van der Waals surface area contributed by atoms with Gasteiger partial charge in [0.2, 0.25) is 0 Å². The molecule has 4 aromatic heterocycles. The van der Waals surface area contributed by atoms with Gasteiger partial charge in [-0.25, -0.2) is 9.97 Å². The van der Waals surface area contributed by atoms with Crippen molar-refractivity contribution in [3.05, 3.63) is 128 Å². The molecular weight excluding hydrogens is 549 g/mol. The lowest BCUT2D eigenvalue weighted by Gasteiger charge is -2.10. The molecule has 43 heavy (non-hydrogen) atoms. The topological polar surface area (TPSA) is 44.9 Å². The zero-order chi connectivity index (χ0) is 28.5. The standard InChI is InChI=1S/C37H24N4OS/c1-40-31-13-4-3-12-30(31)39-37(40)23-9-8-10-24(19-23)42-25-16-17-26-28-21-29-27-11-2-5-14-34(27)43-35(29)22-33(28)41(32(26)20-25)36-15-6-7-18-38-36/h2-22H,1H3. The van der Waals surface area contributed by atoms with Gasteiger partial charge in [0.25, 0.3) is 0 Å². The molecule has 5 nitrogen and oxygen atoms in total. The second-order valence-corrected chi connectivity index (χ2v) is 11.9. The molecule has 5 aromatic carbocycles. The molecule has 9 rings (SSSR count). The van der Waals surface area contributed by atoms with E-state index in [0.29, 0.717) is 0 Å². The maximum Gasteiger partial charge on any atom is 0.140 e. The molecule has 0 amide bonds. The number of hydrogen-bond acceptors (Lipinski definition) is 4. The van der Waals surface area contributed by atoms with Crippen LogP contribution in [0.15, 0.2) is 128 Å². The van der Waals surface area contributed by atoms with Crippen LogP contribution in [-0.2, 0) is 7.05 Å². The van der Waals surface area contributed by atoms with Crippen molar-refractivity contribution in [1.82, 2.24) is 19.1 Å². The van der Waals surface area contributed by atoms with Gasteiger partial charge in [-0.2, -0.15) is 0 Å². The smallest absolute Gasteiger partial charge is 0.140 e. The van der Waals surface area contributed by atoms with Gasteiger partial charge in [-0.05, 0) is 66.7 Å². The summed E-state index contributed by atoms with van der Waals surface area (Å²) in [6.07, 6.45) is 1.85. The Bertz CT molecular complexity index is 2500. The minimum Gasteiger partial charge on any atom is -0.457 e. The molecule has 4 heterocycles. The molecule has 0 aliphatic carbocycles. The molecule has 0 aliphatic rings. The van der Waals surface area contributed by atoms with E-state index in [0.717, 1.165) is 50.8 Å². The van der Waals surface area contributed by atoms with Gasteiger partial charge in [0.05, 0.1) is 22.1 Å². The average molecular weight is 573 g/mol. The number of thiophene rings is 1. The predicted octanol–water partition coefficient (Wildman–Crippen LogP) is 9.89. The highest BCUT2D eigenvalue weighted by atomic mass is 32.1. The van der Waals surface area contributed by atoms with Crippen LogP contribution in [0.2, 0.25) is 0 Å². The summed E-state index contributed by atoms with van der Waals surface area (Å²) >= 11 is 1.83. The molecule has 0 fully saturated rings. The van der Waals surface area contributed by atoms with Gasteiger partial charge in [-0.15, -0.1) is 11.3 Å². The maximum absolute atomic E-state index is 6.50. The third kappa shape index (κ3) is 3.77. The number of hydrogen-bond donors (Lipinski definition) is 0. The van der Waals surface area contributed by atoms with Gasteiger partial charge in [-0.3, -0.25) is 4.57 Å². The number of para-hydroxylation sites is 2. The Kier molecular flexibility index (Phi) is 5.21. The van der Waals surface area contributed by atoms with Crippen LogP contribution in [0.5, 0.6) is 11.5 Å². The summed E-state index contributed by atoms with van der Waals surface area (Å²) in [4.78, 5) is 9.62. The molecule has 0 radical (unpaired) electrons. The van der Waals surface area contributed by atoms with E-state index in [1.807, 2.05) is 60.0 Å². The van der Waals surface area contributed by atoms with E-state index in [-0.39, 0.29) is 0 Å². The number of nitrogens with zero attached hydrogens (tertiary/aromatic N) is 4. The number of rotatable bonds is 4. The lowest BCUT2D eigenvalue weighted by Crippen LogP contribution is -1.96. The van der Waals surface area contributed by atoms with Crippen LogP contribution in [0.3, 0.4) is 0 Å². The molecule has 6 heteroatoms. The molecule has 0 saturated carbocycles. The van der Waals surface area contributed by atoms with Gasteiger partial charge in [0.15, 0.2) is 0 Å². The van der Waals surface area contributed by atoms with Crippen molar-refractivity contribution >= 4 is 64.3 Å². The van der Waals surface area contributed by atoms with Crippen molar-refractivity contribution in [2.75, 3.05) is 0 Å². The SMILES string of the molecule is Cn1c(-c2cccc(Oc3ccc4c5cc6c(cc5n(-c5ccccn5)c4c3)sc3ccccc36)c2)nc2ccccc21. The third-order valence-corrected chi connectivity index (χ3v) is 9.36. The lowest BCUT2D eigenvalue weighted by atomic mass is 10.1. The maximum atomic E-state index is 6.50. The first kappa shape index (κ1) is 24.2. The minimum atomic E-state index is 0.761. The number of ether oxygens (including phenoxy) is 1. The van der Waals surface area contributed by atoms with E-state index in [9.17, 15) is 0 Å². The van der Waals surface area contributed by atoms with Crippen LogP contribution < -0.4 is 4.74 Å². The van der Waals surface area contributed by atoms with Crippen LogP contribution in [0.4, 0.5) is 0 Å². The van der Waals surface area contributed by atoms with Crippen molar-refractivity contribution in [3.8, 4) is 28.7 Å². The number of aryl methyl sites for hydroxylation is 1. The Labute approximate surface area is 250 Å². The van der Waals surface area contributed by atoms with Crippen molar-refractivity contribution in [2.24, 2.45) is 7.05 Å². The molecule has 0 spiro atoms. The van der Waals surface area contributed by atoms with Gasteiger partial charge >= 0.3 is 0 Å². The van der Waals surface area contributed by atoms with Gasteiger partial charge in [-0.1, -0.05) is 48.5 Å². The number of imidazole rings is 1. The molecule has 9 aromatic rings. The Morgan fingerprint density at radius 3 is 2.35 bits per heavy atom. The van der Waals surface area contributed by atoms with Crippen molar-refractivity contribution in [2.45, 2.75) is 0 Å². The first-order valence-corrected chi connectivity index (χ1v) is 15.0. The Morgan fingerprint density at radius 1 is 0.605 bits per heavy atom. The second-order valence-electron chi connectivity index (χ2n) is 10.8. The number of benzene rings is 5. The summed E-state index contributed by atoms with van der Waals surface area (Å²) < 4.78 is 13.4. The van der Waals surface area contributed by atoms with Gasteiger partial charge < -0.3 is 9.30 Å². The lowest BCUT2D eigenvalue weighted by molar-refractivity contribution is 0.483. The number of pyridine rings is 1. The average Bonchev–Trinajstić information content (AvgIpc) is 3.69. The zero-order valence-electron chi connectivity index (χ0n) is 23.2. The molecule has 0 saturated heterocycles. The first-order chi connectivity index (χ1) is 21.2. The fourth-order valence-electron chi connectivity index (χ4n) is 6.25. The zero-order valence-corrected chi connectivity index (χ0v) is 24.0. The van der Waals surface area contributed by atoms with Crippen LogP contribution >= 0.6 is 11.3 Å². The molecular formula is C37H24N4OS. The van der Waals surface area contributed by atoms with Crippen molar-refractivity contribution in [3.63, 3.8) is 0 Å². The quantitative estimate of drug-likeness (QED) is 0.211. The monoisotopic (exact) mass is 572 g/mol. The van der Waals surface area contributed by atoms with E-state index in [4.69, 9.17) is 14.7 Å². The van der Waals surface area contributed by atoms with Crippen LogP contribution in [-0.4, -0.2) is 19.1 Å². The highest BCUT2D eigenvalue weighted by Crippen LogP contribution is 2.41. The fraction of sp³-hybridized carbons (Fsp3) is 0.0270. The summed E-state index contributed by atoms with van der Waals surface area (Å²) in [5.41, 5.74) is 5.28. The van der Waals surface area contributed by atoms with Crippen LogP contribution in [0.1, 0.15) is 0 Å². The summed E-state index contributed by atoms with van der Waals surface area (Å²) in [6, 6.07) is 42.0. The number of fused-ring (bicyclic) bond motifs is 7. The third-order valence-electron chi connectivity index (χ3n) is 8.23. The Hall–Kier alpha value is -5.46. The van der Waals surface area contributed by atoms with Crippen molar-refractivity contribution in [1.29, 1.82) is 0 Å². The normalized spacial score (nSPS) is 11.8. The van der Waals surface area contributed by atoms with E-state index >= 15 is 0 Å². The summed E-state index contributed by atoms with van der Waals surface area (Å²) in [5, 5.41) is 4.95. The van der Waals surface area contributed by atoms with Crippen LogP contribution in [0.25, 0.3) is 70.2 Å². The highest BCUT2D eigenvalue weighted by molar-refractivity contribution is 7.25. The molecule has 204 valence electrons. The largest absolute Gasteiger partial charge is 0.457 e. The molecule has 0 unspecified atom stereocenters. The van der Waals surface area contributed by atoms with Crippen LogP contribution in [0, 0.1) is 0 Å². The van der Waals surface area contributed by atoms with Gasteiger partial charge in [0, 0.05) is 55.8 Å². The molecule has 0 bridgehead atoms. The summed E-state index contributed by atoms with van der Waals surface area (Å²) in [7, 11) is 2.05. The molecule has 0 N–H and O–H groups in total. The second kappa shape index (κ2) is 9.28. The fourth-order valence-corrected chi connectivity index (χ4v) is 7.37. The van der Waals surface area contributed by atoms with E-state index < -0.39 is 0 Å². The highest BCUT2D eigenvalue weighted by Gasteiger charge is 2.17. The van der Waals surface area contributed by atoms with E-state index in [2.05, 4.69) is 95.0 Å². The molecule has 0 aliphatic heterocycles. The molecule has 0 atom stereocenters. The Balaban J connectivity index is 1.19. The minimum absolute atomic E-state index is 0.761. The summed E-state index contributed by atoms with van der Waals surface area (Å²) in [6.45, 7) is 0. The van der Waals surface area contributed by atoms with Gasteiger partial charge in [0.1, 0.15) is 23.1 Å². The summed E-state index contributed by atoms with van der Waals surface area (Å²) in [5.74, 6) is 3.31. The van der Waals surface area contributed by atoms with E-state index in [1.165, 1.54) is 30.9 Å². The first-order valence-electron chi connectivity index (χ1n) is 14.2. The predicted molar refractivity (Wildman–Crippen MR) is 178 cm³/mol. The van der Waals surface area contributed by atoms with E-state index in [1.54, 1.807) is 0 Å². The Morgan fingerprint density at radius 2 is 1.44 bits per heavy atom. The number of aromatic nitrogens is 4.